The molecule has 1 aromatic heterocycles. The smallest absolute Gasteiger partial charge is 0.294 e. The quantitative estimate of drug-likeness (QED) is 0.515. The Hall–Kier alpha value is -2.95. The van der Waals surface area contributed by atoms with Gasteiger partial charge in [-0.25, -0.2) is 4.98 Å². The van der Waals surface area contributed by atoms with Crippen LogP contribution in [0, 0.1) is 0 Å². The molecule has 1 fully saturated rings. The number of aryl methyl sites for hydroxylation is 2. The molecule has 1 aliphatic carbocycles. The Labute approximate surface area is 163 Å². The zero-order valence-electron chi connectivity index (χ0n) is 15.7. The van der Waals surface area contributed by atoms with E-state index in [0.29, 0.717) is 24.5 Å². The van der Waals surface area contributed by atoms with Crippen molar-refractivity contribution >= 4 is 22.8 Å². The van der Waals surface area contributed by atoms with Crippen molar-refractivity contribution in [2.24, 2.45) is 0 Å². The molecule has 5 heteroatoms. The predicted molar refractivity (Wildman–Crippen MR) is 105 cm³/mol. The van der Waals surface area contributed by atoms with Crippen molar-refractivity contribution in [3.8, 4) is 0 Å². The van der Waals surface area contributed by atoms with E-state index in [0.717, 1.165) is 43.2 Å². The molecule has 3 aromatic rings. The SMILES string of the molecule is O=C(C(=O)N1CCCC(c2nc3ccccc3o2)C1)c1ccc2c(c1)CCC2. The second-order valence-corrected chi connectivity index (χ2v) is 7.78. The standard InChI is InChI=1S/C23H22N2O3/c26-21(17-11-10-15-5-3-6-16(15)13-17)23(27)25-12-4-7-18(14-25)22-24-19-8-1-2-9-20(19)28-22/h1-2,8-11,13,18H,3-7,12,14H2. The lowest BCUT2D eigenvalue weighted by Crippen LogP contribution is -2.42. The number of hydrogen-bond donors (Lipinski definition) is 0. The number of likely N-dealkylation sites (tertiary alicyclic amines) is 1. The van der Waals surface area contributed by atoms with Crippen molar-refractivity contribution in [2.45, 2.75) is 38.0 Å². The lowest BCUT2D eigenvalue weighted by molar-refractivity contribution is -0.127. The van der Waals surface area contributed by atoms with Crippen molar-refractivity contribution in [1.29, 1.82) is 0 Å². The van der Waals surface area contributed by atoms with Gasteiger partial charge in [0.1, 0.15) is 5.52 Å². The van der Waals surface area contributed by atoms with Crippen LogP contribution in [0.2, 0.25) is 0 Å². The number of carbonyl (C=O) groups is 2. The van der Waals surface area contributed by atoms with Crippen molar-refractivity contribution in [3.63, 3.8) is 0 Å². The molecule has 2 aliphatic rings. The van der Waals surface area contributed by atoms with Gasteiger partial charge in [-0.2, -0.15) is 0 Å². The van der Waals surface area contributed by atoms with Crippen molar-refractivity contribution in [1.82, 2.24) is 9.88 Å². The number of fused-ring (bicyclic) bond motifs is 2. The van der Waals surface area contributed by atoms with Crippen LogP contribution in [0.25, 0.3) is 11.1 Å². The molecule has 1 amide bonds. The molecule has 0 radical (unpaired) electrons. The van der Waals surface area contributed by atoms with E-state index in [9.17, 15) is 9.59 Å². The van der Waals surface area contributed by atoms with Gasteiger partial charge in [0.15, 0.2) is 11.5 Å². The van der Waals surface area contributed by atoms with Crippen molar-refractivity contribution in [3.05, 3.63) is 65.0 Å². The summed E-state index contributed by atoms with van der Waals surface area (Å²) in [6, 6.07) is 13.4. The highest BCUT2D eigenvalue weighted by Crippen LogP contribution is 2.29. The van der Waals surface area contributed by atoms with Gasteiger partial charge in [0.25, 0.3) is 5.91 Å². The van der Waals surface area contributed by atoms with Crippen LogP contribution in [-0.2, 0) is 17.6 Å². The Bertz CT molecular complexity index is 1040. The van der Waals surface area contributed by atoms with Crippen LogP contribution in [0.5, 0.6) is 0 Å². The number of nitrogens with zero attached hydrogens (tertiary/aromatic N) is 2. The number of Topliss-reactive ketones (excluding diaryl/α,β-unsaturated/α-hetero) is 1. The lowest BCUT2D eigenvalue weighted by atomic mass is 9.96. The number of amides is 1. The fourth-order valence-electron chi connectivity index (χ4n) is 4.41. The second kappa shape index (κ2) is 6.89. The molecular weight excluding hydrogens is 352 g/mol. The van der Waals surface area contributed by atoms with Gasteiger partial charge in [0, 0.05) is 18.7 Å². The van der Waals surface area contributed by atoms with Gasteiger partial charge >= 0.3 is 0 Å². The van der Waals surface area contributed by atoms with E-state index in [1.54, 1.807) is 11.0 Å². The maximum absolute atomic E-state index is 12.9. The monoisotopic (exact) mass is 374 g/mol. The summed E-state index contributed by atoms with van der Waals surface area (Å²) in [5.74, 6) is -0.145. The van der Waals surface area contributed by atoms with E-state index < -0.39 is 11.7 Å². The first-order valence-electron chi connectivity index (χ1n) is 10.00. The van der Waals surface area contributed by atoms with E-state index in [-0.39, 0.29) is 5.92 Å². The number of carbonyl (C=O) groups excluding carboxylic acids is 2. The van der Waals surface area contributed by atoms with Crippen LogP contribution in [-0.4, -0.2) is 34.7 Å². The largest absolute Gasteiger partial charge is 0.440 e. The number of piperidine rings is 1. The second-order valence-electron chi connectivity index (χ2n) is 7.78. The Balaban J connectivity index is 1.34. The molecule has 2 aromatic carbocycles. The summed E-state index contributed by atoms with van der Waals surface area (Å²) in [4.78, 5) is 31.9. The normalized spacial score (nSPS) is 19.0. The number of aromatic nitrogens is 1. The maximum atomic E-state index is 12.9. The number of hydrogen-bond acceptors (Lipinski definition) is 4. The fourth-order valence-corrected chi connectivity index (χ4v) is 4.41. The van der Waals surface area contributed by atoms with Gasteiger partial charge in [0.2, 0.25) is 5.78 Å². The molecule has 0 spiro atoms. The third-order valence-corrected chi connectivity index (χ3v) is 5.92. The van der Waals surface area contributed by atoms with Gasteiger partial charge in [-0.05, 0) is 61.4 Å². The predicted octanol–water partition coefficient (Wildman–Crippen LogP) is 3.91. The molecule has 142 valence electrons. The Morgan fingerprint density at radius 2 is 1.89 bits per heavy atom. The van der Waals surface area contributed by atoms with E-state index in [2.05, 4.69) is 4.98 Å². The highest BCUT2D eigenvalue weighted by atomic mass is 16.3. The van der Waals surface area contributed by atoms with E-state index in [1.807, 2.05) is 36.4 Å². The molecule has 0 bridgehead atoms. The maximum Gasteiger partial charge on any atom is 0.294 e. The summed E-state index contributed by atoms with van der Waals surface area (Å²) in [6.07, 6.45) is 4.93. The number of oxazole rings is 1. The first-order chi connectivity index (χ1) is 13.7. The molecule has 28 heavy (non-hydrogen) atoms. The number of rotatable bonds is 3. The average molecular weight is 374 g/mol. The minimum Gasteiger partial charge on any atom is -0.440 e. The van der Waals surface area contributed by atoms with Crippen molar-refractivity contribution in [2.75, 3.05) is 13.1 Å². The molecular formula is C23H22N2O3. The van der Waals surface area contributed by atoms with Gasteiger partial charge in [-0.1, -0.05) is 24.3 Å². The highest BCUT2D eigenvalue weighted by molar-refractivity contribution is 6.42. The number of para-hydroxylation sites is 2. The molecule has 5 nitrogen and oxygen atoms in total. The van der Waals surface area contributed by atoms with Crippen LogP contribution < -0.4 is 0 Å². The summed E-state index contributed by atoms with van der Waals surface area (Å²) in [5.41, 5.74) is 4.61. The average Bonchev–Trinajstić information content (AvgIpc) is 3.39. The van der Waals surface area contributed by atoms with Gasteiger partial charge in [-0.3, -0.25) is 9.59 Å². The molecule has 1 unspecified atom stereocenters. The van der Waals surface area contributed by atoms with Crippen LogP contribution >= 0.6 is 0 Å². The summed E-state index contributed by atoms with van der Waals surface area (Å²) in [6.45, 7) is 1.08. The van der Waals surface area contributed by atoms with E-state index in [4.69, 9.17) is 4.42 Å². The van der Waals surface area contributed by atoms with Gasteiger partial charge in [0.05, 0.1) is 5.92 Å². The third kappa shape index (κ3) is 3.01. The fraction of sp³-hybridized carbons (Fsp3) is 0.348. The number of benzene rings is 2. The molecule has 5 rings (SSSR count). The molecule has 2 heterocycles. The third-order valence-electron chi connectivity index (χ3n) is 5.92. The van der Waals surface area contributed by atoms with E-state index >= 15 is 0 Å². The molecule has 1 saturated heterocycles. The van der Waals surface area contributed by atoms with Crippen molar-refractivity contribution < 1.29 is 14.0 Å². The summed E-state index contributed by atoms with van der Waals surface area (Å²) >= 11 is 0. The first kappa shape index (κ1) is 17.2. The molecule has 0 saturated carbocycles. The molecule has 0 N–H and O–H groups in total. The summed E-state index contributed by atoms with van der Waals surface area (Å²) in [7, 11) is 0. The minimum atomic E-state index is -0.418. The Morgan fingerprint density at radius 3 is 2.79 bits per heavy atom. The summed E-state index contributed by atoms with van der Waals surface area (Å²) < 4.78 is 5.90. The van der Waals surface area contributed by atoms with E-state index in [1.165, 1.54) is 11.1 Å². The topological polar surface area (TPSA) is 63.4 Å². The Kier molecular flexibility index (Phi) is 4.23. The van der Waals surface area contributed by atoms with Crippen LogP contribution in [0.4, 0.5) is 0 Å². The van der Waals surface area contributed by atoms with Crippen LogP contribution in [0.15, 0.2) is 46.9 Å². The zero-order valence-corrected chi connectivity index (χ0v) is 15.7. The van der Waals surface area contributed by atoms with Crippen LogP contribution in [0.1, 0.15) is 52.6 Å². The summed E-state index contributed by atoms with van der Waals surface area (Å²) in [5, 5.41) is 0. The van der Waals surface area contributed by atoms with Crippen LogP contribution in [0.3, 0.4) is 0 Å². The lowest BCUT2D eigenvalue weighted by Gasteiger charge is -2.30. The highest BCUT2D eigenvalue weighted by Gasteiger charge is 2.31. The first-order valence-corrected chi connectivity index (χ1v) is 10.00. The minimum absolute atomic E-state index is 0.0259. The molecule has 1 atom stereocenters. The zero-order chi connectivity index (χ0) is 19.1. The molecule has 1 aliphatic heterocycles. The Morgan fingerprint density at radius 1 is 1.04 bits per heavy atom. The number of ketones is 1. The van der Waals surface area contributed by atoms with Gasteiger partial charge < -0.3 is 9.32 Å². The van der Waals surface area contributed by atoms with Gasteiger partial charge in [-0.15, -0.1) is 0 Å².